The molecule has 0 amide bonds. The van der Waals surface area contributed by atoms with Gasteiger partial charge in [0.1, 0.15) is 0 Å². The zero-order chi connectivity index (χ0) is 26.4. The van der Waals surface area contributed by atoms with Gasteiger partial charge in [-0.15, -0.1) is 0 Å². The molecule has 0 saturated carbocycles. The number of unbranched alkanes of at least 4 members (excludes halogenated alkanes) is 9. The molecule has 218 valence electrons. The van der Waals surface area contributed by atoms with Gasteiger partial charge in [-0.1, -0.05) is 135 Å². The fourth-order valence-electron chi connectivity index (χ4n) is 5.24. The number of thiazole rings is 2. The summed E-state index contributed by atoms with van der Waals surface area (Å²) in [5.74, 6) is 0. The molecule has 0 atom stereocenters. The summed E-state index contributed by atoms with van der Waals surface area (Å²) in [4.78, 5) is 3.15. The van der Waals surface area contributed by atoms with E-state index in [0.717, 1.165) is 13.1 Å². The van der Waals surface area contributed by atoms with Crippen molar-refractivity contribution in [2.24, 2.45) is 0 Å². The van der Waals surface area contributed by atoms with Gasteiger partial charge in [-0.2, -0.15) is 9.13 Å². The van der Waals surface area contributed by atoms with Gasteiger partial charge in [-0.25, -0.2) is 0 Å². The molecule has 4 aromatic rings. The molecule has 0 N–H and O–H groups in total. The molecule has 0 saturated heterocycles. The molecule has 40 heavy (non-hydrogen) atoms. The Kier molecular flexibility index (Phi) is 17.2. The molecule has 0 aliphatic heterocycles. The van der Waals surface area contributed by atoms with Crippen LogP contribution in [0.3, 0.4) is 0 Å². The molecule has 0 unspecified atom stereocenters. The molecule has 0 aliphatic rings. The van der Waals surface area contributed by atoms with Gasteiger partial charge in [0.25, 0.3) is 0 Å². The van der Waals surface area contributed by atoms with Crippen LogP contribution in [0, 0.1) is 13.8 Å². The SMILES string of the molecule is Cc1c(CCCCCCCCCCCCc2sc[n+](Cc3ccccc3)c2C)sc[n+]1Cc1ccccc1.[Br-].[Br-]. The molecular formula is C34H46Br2N2S2. The minimum absolute atomic E-state index is 0. The molecule has 2 nitrogen and oxygen atoms in total. The van der Waals surface area contributed by atoms with Gasteiger partial charge >= 0.3 is 0 Å². The van der Waals surface area contributed by atoms with Crippen LogP contribution in [0.25, 0.3) is 0 Å². The Morgan fingerprint density at radius 3 is 1.15 bits per heavy atom. The summed E-state index contributed by atoms with van der Waals surface area (Å²) in [7, 11) is 0. The molecule has 2 heterocycles. The van der Waals surface area contributed by atoms with Crippen molar-refractivity contribution in [1.82, 2.24) is 0 Å². The minimum Gasteiger partial charge on any atom is -1.00 e. The Hall–Kier alpha value is -1.34. The van der Waals surface area contributed by atoms with E-state index < -0.39 is 0 Å². The Morgan fingerprint density at radius 1 is 0.475 bits per heavy atom. The molecular weight excluding hydrogens is 660 g/mol. The maximum Gasteiger partial charge on any atom is 0.225 e. The number of halogens is 2. The van der Waals surface area contributed by atoms with E-state index in [1.165, 1.54) is 99.6 Å². The third-order valence-corrected chi connectivity index (χ3v) is 10.1. The summed E-state index contributed by atoms with van der Waals surface area (Å²) < 4.78 is 4.83. The monoisotopic (exact) mass is 704 g/mol. The largest absolute Gasteiger partial charge is 1.00 e. The summed E-state index contributed by atoms with van der Waals surface area (Å²) in [6.45, 7) is 6.56. The third kappa shape index (κ3) is 11.5. The summed E-state index contributed by atoms with van der Waals surface area (Å²) in [5.41, 5.74) is 10.3. The fourth-order valence-corrected chi connectivity index (χ4v) is 7.31. The van der Waals surface area contributed by atoms with E-state index in [-0.39, 0.29) is 34.0 Å². The number of benzene rings is 2. The lowest BCUT2D eigenvalue weighted by Crippen LogP contribution is -3.00. The summed E-state index contributed by atoms with van der Waals surface area (Å²) >= 11 is 3.88. The predicted octanol–water partition coefficient (Wildman–Crippen LogP) is 2.79. The van der Waals surface area contributed by atoms with Crippen molar-refractivity contribution in [3.63, 3.8) is 0 Å². The van der Waals surface area contributed by atoms with Crippen molar-refractivity contribution in [1.29, 1.82) is 0 Å². The topological polar surface area (TPSA) is 7.76 Å². The minimum atomic E-state index is 0. The maximum absolute atomic E-state index is 2.42. The number of nitrogens with zero attached hydrogens (tertiary/aromatic N) is 2. The van der Waals surface area contributed by atoms with Crippen LogP contribution in [0.1, 0.15) is 96.5 Å². The Bertz CT molecular complexity index is 1110. The van der Waals surface area contributed by atoms with E-state index in [9.17, 15) is 0 Å². The van der Waals surface area contributed by atoms with Gasteiger partial charge in [0.2, 0.25) is 11.0 Å². The molecule has 6 heteroatoms. The fraction of sp³-hybridized carbons (Fsp3) is 0.471. The highest BCUT2D eigenvalue weighted by molar-refractivity contribution is 7.09. The number of hydrogen-bond donors (Lipinski definition) is 0. The number of aromatic nitrogens is 2. The summed E-state index contributed by atoms with van der Waals surface area (Å²) in [6.07, 6.45) is 16.4. The van der Waals surface area contributed by atoms with Crippen LogP contribution < -0.4 is 43.1 Å². The van der Waals surface area contributed by atoms with Crippen LogP contribution in [0.4, 0.5) is 0 Å². The molecule has 4 rings (SSSR count). The van der Waals surface area contributed by atoms with Gasteiger partial charge in [0.05, 0.1) is 9.75 Å². The first-order valence-corrected chi connectivity index (χ1v) is 16.5. The lowest BCUT2D eigenvalue weighted by atomic mass is 10.0. The number of hydrogen-bond acceptors (Lipinski definition) is 2. The first-order chi connectivity index (χ1) is 18.7. The molecule has 0 aliphatic carbocycles. The van der Waals surface area contributed by atoms with Crippen molar-refractivity contribution in [3.8, 4) is 0 Å². The highest BCUT2D eigenvalue weighted by atomic mass is 79.9. The highest BCUT2D eigenvalue weighted by Crippen LogP contribution is 2.19. The normalized spacial score (nSPS) is 10.8. The van der Waals surface area contributed by atoms with E-state index in [2.05, 4.69) is 94.7 Å². The first-order valence-electron chi connectivity index (χ1n) is 14.7. The lowest BCUT2D eigenvalue weighted by Gasteiger charge is -2.03. The van der Waals surface area contributed by atoms with Gasteiger partial charge in [-0.3, -0.25) is 0 Å². The van der Waals surface area contributed by atoms with Crippen LogP contribution in [0.15, 0.2) is 71.7 Å². The Labute approximate surface area is 272 Å². The van der Waals surface area contributed by atoms with E-state index >= 15 is 0 Å². The molecule has 0 fully saturated rings. The van der Waals surface area contributed by atoms with Crippen molar-refractivity contribution in [2.75, 3.05) is 0 Å². The average Bonchev–Trinajstić information content (AvgIpc) is 3.47. The second kappa shape index (κ2) is 19.7. The second-order valence-corrected chi connectivity index (χ2v) is 12.6. The number of aryl methyl sites for hydroxylation is 2. The van der Waals surface area contributed by atoms with Crippen LogP contribution >= 0.6 is 22.7 Å². The van der Waals surface area contributed by atoms with Crippen molar-refractivity contribution < 1.29 is 43.1 Å². The van der Waals surface area contributed by atoms with E-state index in [1.807, 2.05) is 22.7 Å². The van der Waals surface area contributed by atoms with Crippen LogP contribution in [0.5, 0.6) is 0 Å². The smallest absolute Gasteiger partial charge is 0.225 e. The zero-order valence-electron chi connectivity index (χ0n) is 24.3. The average molecular weight is 707 g/mol. The van der Waals surface area contributed by atoms with Gasteiger partial charge < -0.3 is 34.0 Å². The van der Waals surface area contributed by atoms with E-state index in [1.54, 1.807) is 9.75 Å². The lowest BCUT2D eigenvalue weighted by molar-refractivity contribution is -0.689. The second-order valence-electron chi connectivity index (χ2n) is 10.7. The van der Waals surface area contributed by atoms with E-state index in [4.69, 9.17) is 0 Å². The molecule has 0 bridgehead atoms. The first kappa shape index (κ1) is 34.9. The van der Waals surface area contributed by atoms with Crippen molar-refractivity contribution >= 4 is 22.7 Å². The van der Waals surface area contributed by atoms with E-state index in [0.29, 0.717) is 0 Å². The third-order valence-electron chi connectivity index (χ3n) is 7.76. The number of rotatable bonds is 17. The quantitative estimate of drug-likeness (QED) is 0.118. The van der Waals surface area contributed by atoms with Crippen LogP contribution in [-0.2, 0) is 25.9 Å². The van der Waals surface area contributed by atoms with Crippen molar-refractivity contribution in [3.05, 3.63) is 104 Å². The van der Waals surface area contributed by atoms with Gasteiger partial charge in [-0.05, 0) is 25.7 Å². The maximum atomic E-state index is 2.42. The van der Waals surface area contributed by atoms with Crippen LogP contribution in [0.2, 0.25) is 0 Å². The Balaban J connectivity index is 0.00000280. The summed E-state index contributed by atoms with van der Waals surface area (Å²) in [6, 6.07) is 21.6. The highest BCUT2D eigenvalue weighted by Gasteiger charge is 2.16. The predicted molar refractivity (Wildman–Crippen MR) is 163 cm³/mol. The molecule has 0 radical (unpaired) electrons. The van der Waals surface area contributed by atoms with Crippen molar-refractivity contribution in [2.45, 2.75) is 104 Å². The van der Waals surface area contributed by atoms with Gasteiger partial charge in [0, 0.05) is 25.0 Å². The molecule has 2 aromatic heterocycles. The zero-order valence-corrected chi connectivity index (χ0v) is 29.1. The van der Waals surface area contributed by atoms with Gasteiger partial charge in [0.15, 0.2) is 24.5 Å². The summed E-state index contributed by atoms with van der Waals surface area (Å²) in [5, 5.41) is 0. The Morgan fingerprint density at radius 2 is 0.800 bits per heavy atom. The van der Waals surface area contributed by atoms with Crippen LogP contribution in [-0.4, -0.2) is 0 Å². The standard InChI is InChI=1S/C34H46N2S2.2BrH/c1-29-33(37-27-35(29)25-31-19-13-11-14-20-31)23-17-9-7-5-3-4-6-8-10-18-24-34-30(2)36(28-38-34)26-32-21-15-12-16-22-32;;/h11-16,19-22,27-28H,3-10,17-18,23-26H2,1-2H3;2*1H/q+2;;/p-2. The molecule has 0 spiro atoms. The molecule has 2 aromatic carbocycles.